The van der Waals surface area contributed by atoms with Crippen LogP contribution in [0.5, 0.6) is 0 Å². The van der Waals surface area contributed by atoms with E-state index in [1.807, 2.05) is 6.07 Å². The van der Waals surface area contributed by atoms with Crippen molar-refractivity contribution >= 4 is 33.7 Å². The SMILES string of the molecule is COC(=O)c1ccc(CSCCCO)c(Br)c1. The number of aliphatic hydroxyl groups excluding tert-OH is 1. The van der Waals surface area contributed by atoms with Gasteiger partial charge in [-0.1, -0.05) is 22.0 Å². The minimum absolute atomic E-state index is 0.232. The van der Waals surface area contributed by atoms with Crippen LogP contribution in [0.25, 0.3) is 0 Å². The highest BCUT2D eigenvalue weighted by molar-refractivity contribution is 9.10. The van der Waals surface area contributed by atoms with Crippen LogP contribution in [-0.2, 0) is 10.5 Å². The molecule has 94 valence electrons. The summed E-state index contributed by atoms with van der Waals surface area (Å²) in [7, 11) is 1.37. The van der Waals surface area contributed by atoms with Gasteiger partial charge in [0.25, 0.3) is 0 Å². The van der Waals surface area contributed by atoms with E-state index >= 15 is 0 Å². The van der Waals surface area contributed by atoms with Gasteiger partial charge in [-0.2, -0.15) is 11.8 Å². The summed E-state index contributed by atoms with van der Waals surface area (Å²) in [6.07, 6.45) is 0.808. The summed E-state index contributed by atoms with van der Waals surface area (Å²) in [6, 6.07) is 5.45. The Bertz CT molecular complexity index is 382. The third-order valence-corrected chi connectivity index (χ3v) is 4.01. The van der Waals surface area contributed by atoms with Gasteiger partial charge < -0.3 is 9.84 Å². The van der Waals surface area contributed by atoms with Crippen LogP contribution < -0.4 is 0 Å². The van der Waals surface area contributed by atoms with Crippen LogP contribution in [0, 0.1) is 0 Å². The van der Waals surface area contributed by atoms with E-state index in [2.05, 4.69) is 20.7 Å². The quantitative estimate of drug-likeness (QED) is 0.647. The Morgan fingerprint density at radius 2 is 2.29 bits per heavy atom. The molecular formula is C12H15BrO3S. The van der Waals surface area contributed by atoms with Crippen LogP contribution >= 0.6 is 27.7 Å². The summed E-state index contributed by atoms with van der Waals surface area (Å²) in [5.74, 6) is 1.47. The van der Waals surface area contributed by atoms with Crippen LogP contribution in [0.4, 0.5) is 0 Å². The van der Waals surface area contributed by atoms with E-state index in [-0.39, 0.29) is 12.6 Å². The van der Waals surface area contributed by atoms with E-state index in [0.29, 0.717) is 5.56 Å². The Hall–Kier alpha value is -0.520. The van der Waals surface area contributed by atoms with Crippen LogP contribution in [0.1, 0.15) is 22.3 Å². The van der Waals surface area contributed by atoms with E-state index < -0.39 is 0 Å². The molecule has 3 nitrogen and oxygen atoms in total. The number of methoxy groups -OCH3 is 1. The Morgan fingerprint density at radius 1 is 1.53 bits per heavy atom. The molecule has 1 N–H and O–H groups in total. The number of benzene rings is 1. The first-order valence-electron chi connectivity index (χ1n) is 5.24. The molecule has 0 aromatic heterocycles. The van der Waals surface area contributed by atoms with Crippen molar-refractivity contribution in [2.75, 3.05) is 19.5 Å². The number of aliphatic hydroxyl groups is 1. The molecule has 0 radical (unpaired) electrons. The molecular weight excluding hydrogens is 304 g/mol. The number of halogens is 1. The summed E-state index contributed by atoms with van der Waals surface area (Å²) in [5.41, 5.74) is 1.68. The van der Waals surface area contributed by atoms with Crippen molar-refractivity contribution in [2.45, 2.75) is 12.2 Å². The Kier molecular flexibility index (Phi) is 6.62. The smallest absolute Gasteiger partial charge is 0.337 e. The van der Waals surface area contributed by atoms with Gasteiger partial charge in [-0.15, -0.1) is 0 Å². The second kappa shape index (κ2) is 7.74. The topological polar surface area (TPSA) is 46.5 Å². The predicted molar refractivity (Wildman–Crippen MR) is 73.3 cm³/mol. The van der Waals surface area contributed by atoms with E-state index in [1.165, 1.54) is 7.11 Å². The zero-order chi connectivity index (χ0) is 12.7. The molecule has 0 saturated heterocycles. The second-order valence-corrected chi connectivity index (χ2v) is 5.39. The van der Waals surface area contributed by atoms with Crippen LogP contribution in [0.15, 0.2) is 22.7 Å². The van der Waals surface area contributed by atoms with E-state index in [1.54, 1.807) is 23.9 Å². The monoisotopic (exact) mass is 318 g/mol. The molecule has 5 heteroatoms. The highest BCUT2D eigenvalue weighted by Gasteiger charge is 2.08. The van der Waals surface area contributed by atoms with E-state index in [9.17, 15) is 4.79 Å². The molecule has 0 saturated carbocycles. The molecule has 0 amide bonds. The number of carbonyl (C=O) groups is 1. The second-order valence-electron chi connectivity index (χ2n) is 3.43. The molecule has 0 aliphatic heterocycles. The van der Waals surface area contributed by atoms with Crippen molar-refractivity contribution in [3.63, 3.8) is 0 Å². The first-order chi connectivity index (χ1) is 8.19. The van der Waals surface area contributed by atoms with E-state index in [0.717, 1.165) is 28.0 Å². The number of ether oxygens (including phenoxy) is 1. The fraction of sp³-hybridized carbons (Fsp3) is 0.417. The average molecular weight is 319 g/mol. The number of hydrogen-bond donors (Lipinski definition) is 1. The molecule has 0 spiro atoms. The molecule has 0 fully saturated rings. The lowest BCUT2D eigenvalue weighted by molar-refractivity contribution is 0.0600. The number of hydrogen-bond acceptors (Lipinski definition) is 4. The maximum absolute atomic E-state index is 11.3. The van der Waals surface area contributed by atoms with Gasteiger partial charge in [0.05, 0.1) is 12.7 Å². The first-order valence-corrected chi connectivity index (χ1v) is 7.19. The zero-order valence-corrected chi connectivity index (χ0v) is 12.0. The highest BCUT2D eigenvalue weighted by atomic mass is 79.9. The van der Waals surface area contributed by atoms with Crippen molar-refractivity contribution in [3.8, 4) is 0 Å². The molecule has 17 heavy (non-hydrogen) atoms. The number of carbonyl (C=O) groups excluding carboxylic acids is 1. The lowest BCUT2D eigenvalue weighted by atomic mass is 10.1. The number of rotatable bonds is 6. The van der Waals surface area contributed by atoms with Gasteiger partial charge in [0, 0.05) is 16.8 Å². The fourth-order valence-electron chi connectivity index (χ4n) is 1.26. The van der Waals surface area contributed by atoms with Crippen molar-refractivity contribution in [1.82, 2.24) is 0 Å². The molecule has 1 aromatic rings. The van der Waals surface area contributed by atoms with Crippen LogP contribution in [0.3, 0.4) is 0 Å². The Labute approximate surface area is 114 Å². The molecule has 1 rings (SSSR count). The van der Waals surface area contributed by atoms with Gasteiger partial charge in [-0.05, 0) is 29.9 Å². The molecule has 0 unspecified atom stereocenters. The van der Waals surface area contributed by atoms with Crippen molar-refractivity contribution in [1.29, 1.82) is 0 Å². The standard InChI is InChI=1S/C12H15BrO3S/c1-16-12(15)9-3-4-10(11(13)7-9)8-17-6-2-5-14/h3-4,7,14H,2,5-6,8H2,1H3. The largest absolute Gasteiger partial charge is 0.465 e. The van der Waals surface area contributed by atoms with Crippen molar-refractivity contribution in [2.24, 2.45) is 0 Å². The molecule has 0 heterocycles. The van der Waals surface area contributed by atoms with Gasteiger partial charge >= 0.3 is 5.97 Å². The average Bonchev–Trinajstić information content (AvgIpc) is 2.35. The lowest BCUT2D eigenvalue weighted by Gasteiger charge is -2.06. The minimum atomic E-state index is -0.329. The van der Waals surface area contributed by atoms with Gasteiger partial charge in [0.15, 0.2) is 0 Å². The molecule has 1 aromatic carbocycles. The summed E-state index contributed by atoms with van der Waals surface area (Å²) in [6.45, 7) is 0.232. The highest BCUT2D eigenvalue weighted by Crippen LogP contribution is 2.23. The van der Waals surface area contributed by atoms with Gasteiger partial charge in [0.1, 0.15) is 0 Å². The third kappa shape index (κ3) is 4.69. The third-order valence-electron chi connectivity index (χ3n) is 2.18. The summed E-state index contributed by atoms with van der Waals surface area (Å²) in [4.78, 5) is 11.3. The van der Waals surface area contributed by atoms with Gasteiger partial charge in [0.2, 0.25) is 0 Å². The van der Waals surface area contributed by atoms with Crippen molar-refractivity contribution in [3.05, 3.63) is 33.8 Å². The Morgan fingerprint density at radius 3 is 2.88 bits per heavy atom. The normalized spacial score (nSPS) is 10.3. The number of thioether (sulfide) groups is 1. The predicted octanol–water partition coefficient (Wildman–Crippen LogP) is 2.85. The molecule has 0 aliphatic rings. The fourth-order valence-corrected chi connectivity index (χ4v) is 2.91. The summed E-state index contributed by atoms with van der Waals surface area (Å²) >= 11 is 5.20. The lowest BCUT2D eigenvalue weighted by Crippen LogP contribution is -2.01. The van der Waals surface area contributed by atoms with Gasteiger partial charge in [-0.3, -0.25) is 0 Å². The van der Waals surface area contributed by atoms with E-state index in [4.69, 9.17) is 5.11 Å². The van der Waals surface area contributed by atoms with Crippen LogP contribution in [0.2, 0.25) is 0 Å². The van der Waals surface area contributed by atoms with Crippen molar-refractivity contribution < 1.29 is 14.6 Å². The number of esters is 1. The molecule has 0 bridgehead atoms. The molecule has 0 aliphatic carbocycles. The first kappa shape index (κ1) is 14.5. The minimum Gasteiger partial charge on any atom is -0.465 e. The zero-order valence-electron chi connectivity index (χ0n) is 9.61. The van der Waals surface area contributed by atoms with Crippen LogP contribution in [-0.4, -0.2) is 30.5 Å². The molecule has 0 atom stereocenters. The summed E-state index contributed by atoms with van der Waals surface area (Å²) < 4.78 is 5.57. The maximum Gasteiger partial charge on any atom is 0.337 e. The van der Waals surface area contributed by atoms with Gasteiger partial charge in [-0.25, -0.2) is 4.79 Å². The summed E-state index contributed by atoms with van der Waals surface area (Å²) in [5, 5.41) is 8.67. The Balaban J connectivity index is 2.60. The maximum atomic E-state index is 11.3.